The summed E-state index contributed by atoms with van der Waals surface area (Å²) in [6.07, 6.45) is 0.444. The van der Waals surface area contributed by atoms with Crippen molar-refractivity contribution in [3.63, 3.8) is 0 Å². The van der Waals surface area contributed by atoms with Crippen LogP contribution in [0.25, 0.3) is 0 Å². The molecular formula is C6H12I2O4Te+4. The molecule has 0 fully saturated rings. The van der Waals surface area contributed by atoms with Crippen LogP contribution < -0.4 is 48.0 Å². The van der Waals surface area contributed by atoms with Crippen LogP contribution in [0.4, 0.5) is 0 Å². The Kier molecular flexibility index (Phi) is 52.2. The van der Waals surface area contributed by atoms with E-state index in [1.807, 2.05) is 0 Å². The molecule has 0 aliphatic heterocycles. The van der Waals surface area contributed by atoms with E-state index < -0.39 is 11.9 Å². The molecule has 0 aliphatic rings. The summed E-state index contributed by atoms with van der Waals surface area (Å²) in [4.78, 5) is 18.7. The van der Waals surface area contributed by atoms with Crippen LogP contribution in [0.1, 0.15) is 26.7 Å². The van der Waals surface area contributed by atoms with Gasteiger partial charge in [0, 0.05) is 12.8 Å². The van der Waals surface area contributed by atoms with E-state index in [1.54, 1.807) is 13.8 Å². The molecule has 0 amide bonds. The molecule has 0 rings (SSSR count). The van der Waals surface area contributed by atoms with Crippen molar-refractivity contribution < 1.29 is 67.8 Å². The average Bonchev–Trinajstić information content (AvgIpc) is 1.89. The van der Waals surface area contributed by atoms with E-state index in [-0.39, 0.29) is 84.5 Å². The maximum Gasteiger partial charge on any atom is 2.00 e. The Bertz CT molecular complexity index is 107. The summed E-state index contributed by atoms with van der Waals surface area (Å²) in [7, 11) is 0. The molecule has 0 aromatic carbocycles. The zero-order valence-corrected chi connectivity index (χ0v) is 13.9. The smallest absolute Gasteiger partial charge is 0.481 e. The minimum absolute atomic E-state index is 0. The minimum atomic E-state index is -0.745. The third kappa shape index (κ3) is 61.3. The van der Waals surface area contributed by atoms with Gasteiger partial charge in [-0.05, 0) is 0 Å². The quantitative estimate of drug-likeness (QED) is 0.277. The molecule has 2 N–H and O–H groups in total. The van der Waals surface area contributed by atoms with E-state index >= 15 is 0 Å². The second kappa shape index (κ2) is 23.2. The van der Waals surface area contributed by atoms with Crippen LogP contribution in [0, 0.1) is 0 Å². The number of hydrogen-bond donors (Lipinski definition) is 2. The molecule has 0 aliphatic carbocycles. The van der Waals surface area contributed by atoms with E-state index in [2.05, 4.69) is 0 Å². The van der Waals surface area contributed by atoms with Gasteiger partial charge in [-0.15, -0.1) is 0 Å². The first kappa shape index (κ1) is 29.2. The molecule has 0 aromatic rings. The fourth-order valence-corrected chi connectivity index (χ4v) is 0. The number of carbonyl (C=O) groups is 2. The fraction of sp³-hybridized carbons (Fsp3) is 0.667. The summed E-state index contributed by atoms with van der Waals surface area (Å²) >= 11 is 0. The molecule has 4 nitrogen and oxygen atoms in total. The maximum absolute atomic E-state index is 9.37. The zero-order valence-electron chi connectivity index (χ0n) is 7.29. The largest absolute Gasteiger partial charge is 2.00 e. The summed E-state index contributed by atoms with van der Waals surface area (Å²) < 4.78 is 0. The average molecular weight is 530 g/mol. The van der Waals surface area contributed by atoms with Gasteiger partial charge in [0.25, 0.3) is 0 Å². The Labute approximate surface area is 129 Å². The Morgan fingerprint density at radius 3 is 1.00 bits per heavy atom. The van der Waals surface area contributed by atoms with Crippen LogP contribution in [0.3, 0.4) is 0 Å². The van der Waals surface area contributed by atoms with Gasteiger partial charge >= 0.3 is 83.6 Å². The van der Waals surface area contributed by atoms with Gasteiger partial charge in [0.05, 0.1) is 0 Å². The van der Waals surface area contributed by atoms with Crippen LogP contribution in [0.15, 0.2) is 0 Å². The van der Waals surface area contributed by atoms with Gasteiger partial charge in [-0.1, -0.05) is 13.8 Å². The standard InChI is InChI=1S/2C3H6O2.2I.Te/c2*1-2-3(4)5;;;/h2*2H2,1H3,(H,4,5);;;/q;;2*+1;+2. The molecule has 0 bridgehead atoms. The Morgan fingerprint density at radius 1 is 0.923 bits per heavy atom. The van der Waals surface area contributed by atoms with Crippen molar-refractivity contribution in [1.82, 2.24) is 0 Å². The first-order chi connectivity index (χ1) is 4.54. The predicted molar refractivity (Wildman–Crippen MR) is 41.6 cm³/mol. The summed E-state index contributed by atoms with van der Waals surface area (Å²) in [6.45, 7) is 3.20. The first-order valence-corrected chi connectivity index (χ1v) is 2.98. The van der Waals surface area contributed by atoms with E-state index in [0.29, 0.717) is 0 Å². The van der Waals surface area contributed by atoms with Gasteiger partial charge in [-0.2, -0.15) is 0 Å². The maximum atomic E-state index is 9.37. The number of halogens is 2. The van der Waals surface area contributed by atoms with Gasteiger partial charge in [-0.25, -0.2) is 0 Å². The van der Waals surface area contributed by atoms with Gasteiger partial charge in [-0.3, -0.25) is 9.59 Å². The fourth-order valence-electron chi connectivity index (χ4n) is 0. The summed E-state index contributed by atoms with van der Waals surface area (Å²) in [5, 5.41) is 15.4. The monoisotopic (exact) mass is 532 g/mol. The number of carboxylic acids is 2. The van der Waals surface area contributed by atoms with Gasteiger partial charge < -0.3 is 10.2 Å². The van der Waals surface area contributed by atoms with Crippen molar-refractivity contribution in [2.75, 3.05) is 0 Å². The summed E-state index contributed by atoms with van der Waals surface area (Å²) in [6, 6.07) is 0. The van der Waals surface area contributed by atoms with Crippen LogP contribution in [-0.2, 0) is 9.59 Å². The summed E-state index contributed by atoms with van der Waals surface area (Å²) in [5.41, 5.74) is 0. The van der Waals surface area contributed by atoms with Crippen molar-refractivity contribution in [2.24, 2.45) is 0 Å². The number of hydrogen-bond acceptors (Lipinski definition) is 2. The van der Waals surface area contributed by atoms with Gasteiger partial charge in [0.2, 0.25) is 0 Å². The Balaban J connectivity index is -0.0000000267. The van der Waals surface area contributed by atoms with Crippen molar-refractivity contribution in [3.8, 4) is 0 Å². The van der Waals surface area contributed by atoms with Crippen LogP contribution in [0.5, 0.6) is 0 Å². The second-order valence-electron chi connectivity index (χ2n) is 1.49. The molecule has 0 saturated carbocycles. The van der Waals surface area contributed by atoms with Gasteiger partial charge in [0.1, 0.15) is 0 Å². The van der Waals surface area contributed by atoms with E-state index in [4.69, 9.17) is 10.2 Å². The number of rotatable bonds is 2. The molecule has 13 heavy (non-hydrogen) atoms. The second-order valence-corrected chi connectivity index (χ2v) is 1.49. The molecule has 0 spiro atoms. The molecule has 0 atom stereocenters. The van der Waals surface area contributed by atoms with Crippen LogP contribution >= 0.6 is 0 Å². The van der Waals surface area contributed by atoms with E-state index in [1.165, 1.54) is 0 Å². The van der Waals surface area contributed by atoms with E-state index in [0.717, 1.165) is 0 Å². The number of carboxylic acid groups (broad SMARTS) is 2. The molecule has 0 saturated heterocycles. The molecule has 0 aromatic heterocycles. The minimum Gasteiger partial charge on any atom is -0.481 e. The Morgan fingerprint density at radius 2 is 1.00 bits per heavy atom. The molecule has 7 heteroatoms. The summed E-state index contributed by atoms with van der Waals surface area (Å²) in [5.74, 6) is -1.49. The zero-order chi connectivity index (χ0) is 8.57. The molecular weight excluding hydrogens is 517 g/mol. The van der Waals surface area contributed by atoms with Gasteiger partial charge in [0.15, 0.2) is 0 Å². The van der Waals surface area contributed by atoms with Crippen molar-refractivity contribution in [3.05, 3.63) is 0 Å². The normalized spacial score (nSPS) is 5.69. The predicted octanol–water partition coefficient (Wildman–Crippen LogP) is -5.41. The van der Waals surface area contributed by atoms with E-state index in [9.17, 15) is 9.59 Å². The SMILES string of the molecule is CCC(=O)O.CCC(=O)O.[I+].[I+].[Te+2]. The third-order valence-electron chi connectivity index (χ3n) is 0.605. The molecule has 0 unspecified atom stereocenters. The third-order valence-corrected chi connectivity index (χ3v) is 0.605. The van der Waals surface area contributed by atoms with Crippen LogP contribution in [0.2, 0.25) is 0 Å². The topological polar surface area (TPSA) is 74.6 Å². The molecule has 0 heterocycles. The number of aliphatic carboxylic acids is 2. The first-order valence-electron chi connectivity index (χ1n) is 2.98. The van der Waals surface area contributed by atoms with Crippen molar-refractivity contribution >= 4 is 35.6 Å². The molecule has 8 radical (unpaired) electrons. The van der Waals surface area contributed by atoms with Crippen molar-refractivity contribution in [1.29, 1.82) is 0 Å². The Hall–Kier alpha value is 1.19. The molecule has 76 valence electrons. The van der Waals surface area contributed by atoms with Crippen LogP contribution in [-0.4, -0.2) is 45.8 Å². The van der Waals surface area contributed by atoms with Crippen molar-refractivity contribution in [2.45, 2.75) is 26.7 Å².